The number of halogens is 1. The van der Waals surface area contributed by atoms with Crippen molar-refractivity contribution in [2.45, 2.75) is 0 Å². The third-order valence-electron chi connectivity index (χ3n) is 4.54. The predicted octanol–water partition coefficient (Wildman–Crippen LogP) is 5.91. The lowest BCUT2D eigenvalue weighted by molar-refractivity contribution is 0.104. The molecule has 0 radical (unpaired) electrons. The van der Waals surface area contributed by atoms with Gasteiger partial charge < -0.3 is 15.4 Å². The van der Waals surface area contributed by atoms with Crippen LogP contribution in [-0.2, 0) is 0 Å². The summed E-state index contributed by atoms with van der Waals surface area (Å²) < 4.78 is 18.3. The van der Waals surface area contributed by atoms with Crippen LogP contribution in [0.25, 0.3) is 0 Å². The Kier molecular flexibility index (Phi) is 6.61. The Morgan fingerprint density at radius 1 is 0.879 bits per heavy atom. The quantitative estimate of drug-likeness (QED) is 0.297. The number of methoxy groups -OCH3 is 1. The van der Waals surface area contributed by atoms with Crippen LogP contribution in [0.1, 0.15) is 15.2 Å². The summed E-state index contributed by atoms with van der Waals surface area (Å²) in [5.41, 5.74) is 1.61. The molecule has 4 aromatic rings. The summed E-state index contributed by atoms with van der Waals surface area (Å²) in [7, 11) is 1.54. The summed E-state index contributed by atoms with van der Waals surface area (Å²) in [5.74, 6) is 0.0241. The number of rotatable bonds is 7. The largest absolute Gasteiger partial charge is 0.497 e. The van der Waals surface area contributed by atoms with Crippen LogP contribution in [0.3, 0.4) is 0 Å². The zero-order valence-corrected chi connectivity index (χ0v) is 18.3. The van der Waals surface area contributed by atoms with E-state index in [1.54, 1.807) is 31.4 Å². The molecule has 1 heterocycles. The summed E-state index contributed by atoms with van der Waals surface area (Å²) >= 11 is 1.12. The van der Waals surface area contributed by atoms with Gasteiger partial charge in [-0.25, -0.2) is 14.2 Å². The Labute approximate surface area is 193 Å². The van der Waals surface area contributed by atoms with Gasteiger partial charge in [0.1, 0.15) is 16.4 Å². The fourth-order valence-electron chi connectivity index (χ4n) is 2.93. The van der Waals surface area contributed by atoms with Crippen molar-refractivity contribution in [3.05, 3.63) is 95.1 Å². The van der Waals surface area contributed by atoms with E-state index in [0.29, 0.717) is 22.1 Å². The molecule has 0 aliphatic carbocycles. The van der Waals surface area contributed by atoms with E-state index in [0.717, 1.165) is 17.0 Å². The predicted molar refractivity (Wildman–Crippen MR) is 127 cm³/mol. The number of urea groups is 1. The molecule has 0 fully saturated rings. The summed E-state index contributed by atoms with van der Waals surface area (Å²) in [6.45, 7) is 0. The van der Waals surface area contributed by atoms with Crippen LogP contribution in [0, 0.1) is 5.82 Å². The minimum Gasteiger partial charge on any atom is -0.497 e. The Morgan fingerprint density at radius 2 is 1.58 bits per heavy atom. The van der Waals surface area contributed by atoms with Crippen molar-refractivity contribution >= 4 is 45.5 Å². The van der Waals surface area contributed by atoms with Gasteiger partial charge in [0.25, 0.3) is 0 Å². The number of para-hydroxylation sites is 1. The summed E-state index contributed by atoms with van der Waals surface area (Å²) in [6, 6.07) is 20.7. The van der Waals surface area contributed by atoms with Gasteiger partial charge in [-0.15, -0.1) is 0 Å². The van der Waals surface area contributed by atoms with Gasteiger partial charge in [0.2, 0.25) is 5.78 Å². The molecule has 33 heavy (non-hydrogen) atoms. The van der Waals surface area contributed by atoms with E-state index < -0.39 is 11.8 Å². The highest BCUT2D eigenvalue weighted by Crippen LogP contribution is 2.32. The zero-order valence-electron chi connectivity index (χ0n) is 17.5. The highest BCUT2D eigenvalue weighted by molar-refractivity contribution is 7.18. The van der Waals surface area contributed by atoms with E-state index in [1.807, 2.05) is 30.3 Å². The molecule has 1 aromatic heterocycles. The molecule has 3 N–H and O–H groups in total. The van der Waals surface area contributed by atoms with Crippen LogP contribution in [0.15, 0.2) is 78.9 Å². The Morgan fingerprint density at radius 3 is 2.24 bits per heavy atom. The molecule has 0 unspecified atom stereocenters. The molecule has 9 heteroatoms. The van der Waals surface area contributed by atoms with Crippen molar-refractivity contribution in [3.8, 4) is 5.75 Å². The number of nitrogens with zero attached hydrogens (tertiary/aromatic N) is 1. The lowest BCUT2D eigenvalue weighted by Gasteiger charge is -2.07. The Balaban J connectivity index is 1.60. The van der Waals surface area contributed by atoms with Gasteiger partial charge in [0.05, 0.1) is 7.11 Å². The molecule has 7 nitrogen and oxygen atoms in total. The van der Waals surface area contributed by atoms with Gasteiger partial charge in [-0.3, -0.25) is 10.1 Å². The molecular weight excluding hydrogens is 443 g/mol. The first-order valence-electron chi connectivity index (χ1n) is 9.87. The molecule has 0 atom stereocenters. The smallest absolute Gasteiger partial charge is 0.324 e. The molecule has 2 amide bonds. The highest BCUT2D eigenvalue weighted by Gasteiger charge is 2.22. The van der Waals surface area contributed by atoms with Crippen LogP contribution in [0.4, 0.5) is 31.5 Å². The maximum Gasteiger partial charge on any atom is 0.324 e. The van der Waals surface area contributed by atoms with Crippen LogP contribution in [0.5, 0.6) is 5.75 Å². The number of anilines is 4. The van der Waals surface area contributed by atoms with E-state index in [1.165, 1.54) is 24.3 Å². The van der Waals surface area contributed by atoms with Crippen LogP contribution in [0.2, 0.25) is 0 Å². The monoisotopic (exact) mass is 462 g/mol. The number of benzene rings is 3. The molecule has 3 aromatic carbocycles. The average Bonchev–Trinajstić information content (AvgIpc) is 3.22. The number of hydrogen-bond acceptors (Lipinski definition) is 6. The van der Waals surface area contributed by atoms with Crippen molar-refractivity contribution in [1.82, 2.24) is 4.98 Å². The fraction of sp³-hybridized carbons (Fsp3) is 0.0417. The number of carbonyl (C=O) groups excluding carboxylic acids is 2. The Bertz CT molecular complexity index is 1260. The first kappa shape index (κ1) is 22.0. The van der Waals surface area contributed by atoms with E-state index in [2.05, 4.69) is 20.9 Å². The first-order chi connectivity index (χ1) is 16.0. The maximum atomic E-state index is 13.2. The van der Waals surface area contributed by atoms with E-state index in [9.17, 15) is 14.0 Å². The first-order valence-corrected chi connectivity index (χ1v) is 10.7. The SMILES string of the molecule is COc1ccc(C(=O)c2sc(Nc3ccccc3)nc2NC(=O)Nc2ccc(F)cc2)cc1. The second kappa shape index (κ2) is 9.92. The van der Waals surface area contributed by atoms with Gasteiger partial charge in [-0.2, -0.15) is 0 Å². The lowest BCUT2D eigenvalue weighted by Crippen LogP contribution is -2.21. The van der Waals surface area contributed by atoms with Gasteiger partial charge in [0, 0.05) is 16.9 Å². The third kappa shape index (κ3) is 5.52. The highest BCUT2D eigenvalue weighted by atomic mass is 32.1. The molecular formula is C24H19FN4O3S. The van der Waals surface area contributed by atoms with Crippen LogP contribution < -0.4 is 20.7 Å². The minimum atomic E-state index is -0.609. The van der Waals surface area contributed by atoms with E-state index in [-0.39, 0.29) is 16.5 Å². The second-order valence-electron chi connectivity index (χ2n) is 6.83. The second-order valence-corrected chi connectivity index (χ2v) is 7.83. The van der Waals surface area contributed by atoms with Crippen LogP contribution >= 0.6 is 11.3 Å². The Hall–Kier alpha value is -4.24. The molecule has 166 valence electrons. The van der Waals surface area contributed by atoms with Crippen molar-refractivity contribution < 1.29 is 18.7 Å². The van der Waals surface area contributed by atoms with Crippen molar-refractivity contribution in [2.24, 2.45) is 0 Å². The number of carbonyl (C=O) groups is 2. The van der Waals surface area contributed by atoms with Crippen molar-refractivity contribution in [3.63, 3.8) is 0 Å². The van der Waals surface area contributed by atoms with Gasteiger partial charge in [-0.1, -0.05) is 29.5 Å². The number of hydrogen-bond donors (Lipinski definition) is 3. The number of nitrogens with one attached hydrogen (secondary N) is 3. The number of thiazole rings is 1. The number of aromatic nitrogens is 1. The van der Waals surface area contributed by atoms with E-state index >= 15 is 0 Å². The van der Waals surface area contributed by atoms with Crippen molar-refractivity contribution in [1.29, 1.82) is 0 Å². The fourth-order valence-corrected chi connectivity index (χ4v) is 3.84. The molecule has 0 aliphatic heterocycles. The molecule has 0 saturated heterocycles. The minimum absolute atomic E-state index is 0.110. The summed E-state index contributed by atoms with van der Waals surface area (Å²) in [6.07, 6.45) is 0. The number of ether oxygens (including phenoxy) is 1. The zero-order chi connectivity index (χ0) is 23.2. The maximum absolute atomic E-state index is 13.2. The molecule has 4 rings (SSSR count). The molecule has 0 saturated carbocycles. The summed E-state index contributed by atoms with van der Waals surface area (Å²) in [5, 5.41) is 8.80. The molecule has 0 spiro atoms. The van der Waals surface area contributed by atoms with E-state index in [4.69, 9.17) is 4.74 Å². The summed E-state index contributed by atoms with van der Waals surface area (Å²) in [4.78, 5) is 30.4. The van der Waals surface area contributed by atoms with Gasteiger partial charge in [0.15, 0.2) is 10.9 Å². The van der Waals surface area contributed by atoms with Gasteiger partial charge in [-0.05, 0) is 60.7 Å². The molecule has 0 aliphatic rings. The lowest BCUT2D eigenvalue weighted by atomic mass is 10.1. The average molecular weight is 463 g/mol. The normalized spacial score (nSPS) is 10.4. The molecule has 0 bridgehead atoms. The topological polar surface area (TPSA) is 92.3 Å². The van der Waals surface area contributed by atoms with Gasteiger partial charge >= 0.3 is 6.03 Å². The van der Waals surface area contributed by atoms with Crippen molar-refractivity contribution in [2.75, 3.05) is 23.1 Å². The number of ketones is 1. The third-order valence-corrected chi connectivity index (χ3v) is 5.51. The number of amides is 2. The standard InChI is InChI=1S/C24H19FN4O3S/c1-32-19-13-7-15(8-14-19)20(30)21-22(28-23(31)26-18-11-9-16(25)10-12-18)29-24(33-21)27-17-5-3-2-4-6-17/h2-14H,1H3,(H,27,29)(H2,26,28,31). The van der Waals surface area contributed by atoms with Crippen LogP contribution in [-0.4, -0.2) is 23.9 Å².